The van der Waals surface area contributed by atoms with Crippen molar-refractivity contribution in [2.45, 2.75) is 118 Å². The lowest BCUT2D eigenvalue weighted by Gasteiger charge is -2.71. The quantitative estimate of drug-likeness (QED) is 0.279. The first-order valence-electron chi connectivity index (χ1n) is 20.3. The standard InChI is InChI=1S/C42H62N6O5/c1-26(2)27(3)37(4)12-13-39(6)29-8-9-32-38(5)21-52-23-42(32,30(29)10-11-40(39,7)33(37)36(49)50)18-31(34(38)53-22-41(43)14-16-51-17-15-41)48-35(46-25-47-48)28-19-44-24-45-20-28/h10,19-20,24-27,29,31-34H,8-9,11-18,21-23,43H2,1-7H3,(H,49,50)/t27-,29+,31-,32+,33-,34+,37-,38+,39-,40+,42?/m1/s1. The number of fused-ring (bicyclic) bond motifs is 3. The van der Waals surface area contributed by atoms with Gasteiger partial charge in [0.1, 0.15) is 12.7 Å². The van der Waals surface area contributed by atoms with Crippen LogP contribution in [0.25, 0.3) is 11.4 Å². The topological polar surface area (TPSA) is 148 Å². The van der Waals surface area contributed by atoms with E-state index in [1.807, 2.05) is 0 Å². The van der Waals surface area contributed by atoms with E-state index in [2.05, 4.69) is 69.2 Å². The third-order valence-electron chi connectivity index (χ3n) is 16.8. The van der Waals surface area contributed by atoms with Gasteiger partial charge in [0, 0.05) is 42.0 Å². The second-order valence-corrected chi connectivity index (χ2v) is 19.5. The molecule has 53 heavy (non-hydrogen) atoms. The van der Waals surface area contributed by atoms with Crippen LogP contribution in [-0.4, -0.2) is 80.5 Å². The molecule has 0 amide bonds. The fourth-order valence-electron chi connectivity index (χ4n) is 13.4. The number of nitrogens with zero attached hydrogens (tertiary/aromatic N) is 5. The van der Waals surface area contributed by atoms with Gasteiger partial charge in [0.2, 0.25) is 0 Å². The zero-order chi connectivity index (χ0) is 37.6. The molecule has 2 aromatic heterocycles. The minimum absolute atomic E-state index is 0.143. The highest BCUT2D eigenvalue weighted by molar-refractivity contribution is 5.73. The van der Waals surface area contributed by atoms with Crippen LogP contribution in [0.2, 0.25) is 0 Å². The van der Waals surface area contributed by atoms with Crippen LogP contribution in [-0.2, 0) is 19.0 Å². The Morgan fingerprint density at radius 1 is 1.00 bits per heavy atom. The van der Waals surface area contributed by atoms with Crippen LogP contribution in [0.15, 0.2) is 36.7 Å². The lowest BCUT2D eigenvalue weighted by atomic mass is 9.34. The van der Waals surface area contributed by atoms with Crippen LogP contribution in [0.1, 0.15) is 106 Å². The summed E-state index contributed by atoms with van der Waals surface area (Å²) in [6, 6.07) is -0.143. The molecule has 6 aliphatic rings. The predicted octanol–water partition coefficient (Wildman–Crippen LogP) is 6.76. The van der Waals surface area contributed by atoms with E-state index in [4.69, 9.17) is 30.0 Å². The maximum Gasteiger partial charge on any atom is 0.307 e. The van der Waals surface area contributed by atoms with Gasteiger partial charge in [-0.2, -0.15) is 5.10 Å². The predicted molar refractivity (Wildman–Crippen MR) is 200 cm³/mol. The summed E-state index contributed by atoms with van der Waals surface area (Å²) in [5.41, 5.74) is 7.46. The van der Waals surface area contributed by atoms with Crippen molar-refractivity contribution < 1.29 is 24.1 Å². The molecule has 1 unspecified atom stereocenters. The maximum absolute atomic E-state index is 13.6. The van der Waals surface area contributed by atoms with E-state index in [1.165, 1.54) is 11.9 Å². The molecule has 0 spiro atoms. The first kappa shape index (κ1) is 37.2. The van der Waals surface area contributed by atoms with Crippen molar-refractivity contribution in [3.05, 3.63) is 36.7 Å². The summed E-state index contributed by atoms with van der Waals surface area (Å²) >= 11 is 0. The summed E-state index contributed by atoms with van der Waals surface area (Å²) in [4.78, 5) is 27.0. The molecular weight excluding hydrogens is 668 g/mol. The zero-order valence-electron chi connectivity index (χ0n) is 33.0. The maximum atomic E-state index is 13.6. The molecule has 0 aromatic carbocycles. The van der Waals surface area contributed by atoms with Crippen LogP contribution in [0, 0.1) is 56.7 Å². The average molecular weight is 731 g/mol. The molecule has 3 N–H and O–H groups in total. The van der Waals surface area contributed by atoms with Crippen LogP contribution in [0.4, 0.5) is 0 Å². The van der Waals surface area contributed by atoms with E-state index in [0.29, 0.717) is 50.8 Å². The third-order valence-corrected chi connectivity index (χ3v) is 16.8. The Kier molecular flexibility index (Phi) is 9.07. The highest BCUT2D eigenvalue weighted by Crippen LogP contribution is 2.75. The number of nitrogens with two attached hydrogens (primary N) is 1. The van der Waals surface area contributed by atoms with Gasteiger partial charge in [0.25, 0.3) is 0 Å². The van der Waals surface area contributed by atoms with Crippen molar-refractivity contribution in [2.75, 3.05) is 33.0 Å². The fraction of sp³-hybridized carbons (Fsp3) is 0.786. The lowest BCUT2D eigenvalue weighted by molar-refractivity contribution is -0.253. The first-order chi connectivity index (χ1) is 25.1. The number of carboxylic acid groups (broad SMARTS) is 1. The van der Waals surface area contributed by atoms with Gasteiger partial charge in [-0.05, 0) is 91.3 Å². The van der Waals surface area contributed by atoms with Crippen molar-refractivity contribution >= 4 is 5.97 Å². The van der Waals surface area contributed by atoms with E-state index in [0.717, 1.165) is 62.8 Å². The molecule has 2 aromatic rings. The molecule has 11 atom stereocenters. The molecule has 0 radical (unpaired) electrons. The highest BCUT2D eigenvalue weighted by atomic mass is 16.5. The van der Waals surface area contributed by atoms with Gasteiger partial charge in [-0.1, -0.05) is 60.1 Å². The Morgan fingerprint density at radius 3 is 2.43 bits per heavy atom. The monoisotopic (exact) mass is 730 g/mol. The Hall–Kier alpha value is -2.73. The molecule has 2 bridgehead atoms. The van der Waals surface area contributed by atoms with Crippen LogP contribution >= 0.6 is 0 Å². The second kappa shape index (κ2) is 12.9. The summed E-state index contributed by atoms with van der Waals surface area (Å²) < 4.78 is 21.7. The number of rotatable bonds is 8. The first-order valence-corrected chi connectivity index (χ1v) is 20.3. The van der Waals surface area contributed by atoms with Crippen molar-refractivity contribution in [2.24, 2.45) is 62.4 Å². The van der Waals surface area contributed by atoms with Gasteiger partial charge in [-0.25, -0.2) is 19.6 Å². The highest BCUT2D eigenvalue weighted by Gasteiger charge is 2.72. The number of hydrogen-bond donors (Lipinski definition) is 2. The molecule has 4 heterocycles. The van der Waals surface area contributed by atoms with Crippen molar-refractivity contribution in [3.8, 4) is 11.4 Å². The SMILES string of the molecule is CC(C)[C@@H](C)[C@@]1(C)CC[C@]2(C)[C@H]3CC[C@@H]4C5(COC[C@]4(C)[C@@H](OCC4(N)CCOCC4)[C@H](n4ncnc4-c4cncnc4)C5)C3=CC[C@@]2(C)[C@@H]1C(=O)O. The van der Waals surface area contributed by atoms with E-state index in [-0.39, 0.29) is 45.1 Å². The van der Waals surface area contributed by atoms with E-state index < -0.39 is 17.4 Å². The number of ether oxygens (including phenoxy) is 3. The van der Waals surface area contributed by atoms with Gasteiger partial charge in [0.05, 0.1) is 43.4 Å². The number of carboxylic acids is 1. The smallest absolute Gasteiger partial charge is 0.307 e. The number of hydrogen-bond acceptors (Lipinski definition) is 9. The summed E-state index contributed by atoms with van der Waals surface area (Å²) in [5, 5.41) is 16.1. The molecule has 4 aliphatic carbocycles. The molecule has 2 saturated heterocycles. The zero-order valence-corrected chi connectivity index (χ0v) is 33.0. The van der Waals surface area contributed by atoms with Gasteiger partial charge < -0.3 is 25.1 Å². The van der Waals surface area contributed by atoms with E-state index in [1.54, 1.807) is 18.7 Å². The number of allylic oxidation sites excluding steroid dienone is 1. The molecule has 8 rings (SSSR count). The number of aliphatic carboxylic acids is 1. The number of carbonyl (C=O) groups is 1. The Balaban J connectivity index is 1.23. The Bertz CT molecular complexity index is 1730. The minimum atomic E-state index is -0.630. The summed E-state index contributed by atoms with van der Waals surface area (Å²) in [6.45, 7) is 19.2. The van der Waals surface area contributed by atoms with Gasteiger partial charge >= 0.3 is 5.97 Å². The Labute approximate surface area is 315 Å². The Morgan fingerprint density at radius 2 is 1.74 bits per heavy atom. The minimum Gasteiger partial charge on any atom is -0.481 e. The van der Waals surface area contributed by atoms with Crippen LogP contribution < -0.4 is 5.73 Å². The molecule has 5 fully saturated rings. The summed E-state index contributed by atoms with van der Waals surface area (Å²) in [7, 11) is 0. The fourth-order valence-corrected chi connectivity index (χ4v) is 13.4. The van der Waals surface area contributed by atoms with Gasteiger partial charge in [0.15, 0.2) is 5.82 Å². The van der Waals surface area contributed by atoms with E-state index >= 15 is 0 Å². The largest absolute Gasteiger partial charge is 0.481 e. The normalized spacial score (nSPS) is 42.5. The second-order valence-electron chi connectivity index (χ2n) is 19.5. The molecule has 290 valence electrons. The van der Waals surface area contributed by atoms with E-state index in [9.17, 15) is 9.90 Å². The summed E-state index contributed by atoms with van der Waals surface area (Å²) in [5.74, 6) is 0.993. The van der Waals surface area contributed by atoms with Gasteiger partial charge in [-0.3, -0.25) is 4.79 Å². The van der Waals surface area contributed by atoms with Crippen molar-refractivity contribution in [1.29, 1.82) is 0 Å². The van der Waals surface area contributed by atoms with Crippen molar-refractivity contribution in [3.63, 3.8) is 0 Å². The average Bonchev–Trinajstić information content (AvgIpc) is 3.61. The van der Waals surface area contributed by atoms with Crippen molar-refractivity contribution in [1.82, 2.24) is 24.7 Å². The van der Waals surface area contributed by atoms with Crippen LogP contribution in [0.3, 0.4) is 0 Å². The molecular formula is C42H62N6O5. The molecule has 11 nitrogen and oxygen atoms in total. The number of aromatic nitrogens is 5. The molecule has 3 saturated carbocycles. The summed E-state index contributed by atoms with van der Waals surface area (Å²) in [6.07, 6.45) is 16.2. The molecule has 2 aliphatic heterocycles. The van der Waals surface area contributed by atoms with Gasteiger partial charge in [-0.15, -0.1) is 0 Å². The lowest BCUT2D eigenvalue weighted by Crippen LogP contribution is -2.69. The van der Waals surface area contributed by atoms with Crippen LogP contribution in [0.5, 0.6) is 0 Å². The third kappa shape index (κ3) is 5.36. The molecule has 11 heteroatoms.